The Kier molecular flexibility index (Phi) is 3.18. The fourth-order valence-electron chi connectivity index (χ4n) is 5.14. The Hall–Kier alpha value is -2.66. The summed E-state index contributed by atoms with van der Waals surface area (Å²) in [6, 6.07) is 8.43. The SMILES string of the molecule is CCc1c(C)nn2c(=O)c3cccc4c5c(cc(c43)c12)C[N+](C)(C)CN5C. The Balaban J connectivity index is 2.07. The van der Waals surface area contributed by atoms with Crippen LogP contribution < -0.4 is 10.5 Å². The highest BCUT2D eigenvalue weighted by Crippen LogP contribution is 2.41. The molecule has 3 heterocycles. The highest BCUT2D eigenvalue weighted by molar-refractivity contribution is 6.19. The molecule has 0 radical (unpaired) electrons. The fourth-order valence-corrected chi connectivity index (χ4v) is 5.14. The van der Waals surface area contributed by atoms with Crippen molar-refractivity contribution in [3.8, 4) is 0 Å². The van der Waals surface area contributed by atoms with E-state index in [4.69, 9.17) is 0 Å². The van der Waals surface area contributed by atoms with Crippen molar-refractivity contribution in [2.75, 3.05) is 32.7 Å². The molecule has 2 aromatic heterocycles. The van der Waals surface area contributed by atoms with Gasteiger partial charge in [-0.25, -0.2) is 0 Å². The van der Waals surface area contributed by atoms with Crippen LogP contribution in [0, 0.1) is 6.92 Å². The van der Waals surface area contributed by atoms with Crippen LogP contribution in [0.3, 0.4) is 0 Å². The van der Waals surface area contributed by atoms with Crippen LogP contribution in [0.1, 0.15) is 23.7 Å². The molecule has 2 aromatic carbocycles. The molecule has 0 atom stereocenters. The summed E-state index contributed by atoms with van der Waals surface area (Å²) in [5.74, 6) is 0. The summed E-state index contributed by atoms with van der Waals surface area (Å²) in [4.78, 5) is 15.5. The zero-order valence-electron chi connectivity index (χ0n) is 16.6. The smallest absolute Gasteiger partial charge is 0.279 e. The van der Waals surface area contributed by atoms with Crippen LogP contribution in [0.25, 0.3) is 27.1 Å². The van der Waals surface area contributed by atoms with Gasteiger partial charge in [-0.05, 0) is 25.5 Å². The summed E-state index contributed by atoms with van der Waals surface area (Å²) in [5, 5.41) is 8.78. The molecule has 1 aliphatic rings. The van der Waals surface area contributed by atoms with Crippen LogP contribution >= 0.6 is 0 Å². The molecule has 0 saturated carbocycles. The van der Waals surface area contributed by atoms with Crippen molar-refractivity contribution >= 4 is 32.7 Å². The van der Waals surface area contributed by atoms with Crippen molar-refractivity contribution in [2.24, 2.45) is 0 Å². The summed E-state index contributed by atoms with van der Waals surface area (Å²) in [7, 11) is 6.69. The molecular weight excluding hydrogens is 336 g/mol. The van der Waals surface area contributed by atoms with E-state index in [1.165, 1.54) is 22.2 Å². The number of anilines is 1. The number of hydrogen-bond donors (Lipinski definition) is 0. The Morgan fingerprint density at radius 2 is 1.93 bits per heavy atom. The first-order valence-electron chi connectivity index (χ1n) is 9.57. The van der Waals surface area contributed by atoms with E-state index in [0.29, 0.717) is 0 Å². The number of rotatable bonds is 1. The highest BCUT2D eigenvalue weighted by Gasteiger charge is 2.31. The van der Waals surface area contributed by atoms with Crippen molar-refractivity contribution in [1.82, 2.24) is 9.61 Å². The molecule has 0 unspecified atom stereocenters. The predicted octanol–water partition coefficient (Wildman–Crippen LogP) is 3.29. The van der Waals surface area contributed by atoms with Crippen LogP contribution in [0.4, 0.5) is 5.69 Å². The van der Waals surface area contributed by atoms with E-state index in [1.807, 2.05) is 19.1 Å². The van der Waals surface area contributed by atoms with Gasteiger partial charge in [0.2, 0.25) is 0 Å². The van der Waals surface area contributed by atoms with Crippen LogP contribution in [0.5, 0.6) is 0 Å². The second-order valence-electron chi connectivity index (χ2n) is 8.58. The lowest BCUT2D eigenvalue weighted by molar-refractivity contribution is -0.904. The van der Waals surface area contributed by atoms with E-state index < -0.39 is 0 Å². The number of aromatic nitrogens is 2. The van der Waals surface area contributed by atoms with E-state index in [0.717, 1.165) is 51.5 Å². The van der Waals surface area contributed by atoms with Gasteiger partial charge < -0.3 is 9.38 Å². The van der Waals surface area contributed by atoms with E-state index >= 15 is 0 Å². The Labute approximate surface area is 158 Å². The molecule has 0 amide bonds. The summed E-state index contributed by atoms with van der Waals surface area (Å²) in [5.41, 5.74) is 5.72. The third-order valence-corrected chi connectivity index (χ3v) is 6.00. The average Bonchev–Trinajstić information content (AvgIpc) is 2.94. The summed E-state index contributed by atoms with van der Waals surface area (Å²) < 4.78 is 2.55. The quantitative estimate of drug-likeness (QED) is 0.488. The number of fused-ring (bicyclic) bond motifs is 4. The molecule has 27 heavy (non-hydrogen) atoms. The van der Waals surface area contributed by atoms with E-state index in [2.05, 4.69) is 50.2 Å². The van der Waals surface area contributed by atoms with Crippen LogP contribution in [-0.2, 0) is 13.0 Å². The Morgan fingerprint density at radius 1 is 1.19 bits per heavy atom. The Bertz CT molecular complexity index is 1290. The molecule has 0 saturated heterocycles. The second kappa shape index (κ2) is 5.20. The number of benzene rings is 2. The lowest BCUT2D eigenvalue weighted by Gasteiger charge is -2.41. The van der Waals surface area contributed by atoms with E-state index in [9.17, 15) is 4.79 Å². The lowest BCUT2D eigenvalue weighted by Crippen LogP contribution is -2.50. The molecule has 5 rings (SSSR count). The molecule has 4 aromatic rings. The van der Waals surface area contributed by atoms with Crippen molar-refractivity contribution in [3.63, 3.8) is 0 Å². The van der Waals surface area contributed by atoms with Crippen LogP contribution in [0.2, 0.25) is 0 Å². The number of quaternary nitrogens is 1. The van der Waals surface area contributed by atoms with Crippen molar-refractivity contribution in [1.29, 1.82) is 0 Å². The van der Waals surface area contributed by atoms with Gasteiger partial charge in [0.05, 0.1) is 36.4 Å². The maximum atomic E-state index is 13.2. The molecule has 0 spiro atoms. The zero-order chi connectivity index (χ0) is 19.1. The van der Waals surface area contributed by atoms with Gasteiger partial charge >= 0.3 is 0 Å². The van der Waals surface area contributed by atoms with E-state index in [-0.39, 0.29) is 5.56 Å². The number of aryl methyl sites for hydroxylation is 2. The van der Waals surface area contributed by atoms with Gasteiger partial charge in [-0.2, -0.15) is 9.61 Å². The minimum absolute atomic E-state index is 0.0135. The standard InChI is InChI=1S/C22H25N4O/c1-6-15-13(2)23-25-21(15)18-10-14-11-26(4,5)12-24(3)20(14)16-8-7-9-17(19(16)18)22(25)27/h7-10H,6,11-12H2,1-5H3/q+1. The molecule has 0 N–H and O–H groups in total. The van der Waals surface area contributed by atoms with Crippen LogP contribution in [-0.4, -0.2) is 41.9 Å². The summed E-state index contributed by atoms with van der Waals surface area (Å²) in [6.45, 7) is 6.08. The third-order valence-electron chi connectivity index (χ3n) is 6.00. The predicted molar refractivity (Wildman–Crippen MR) is 111 cm³/mol. The maximum absolute atomic E-state index is 13.2. The van der Waals surface area contributed by atoms with Gasteiger partial charge in [-0.1, -0.05) is 19.1 Å². The minimum atomic E-state index is -0.0135. The normalized spacial score (nSPS) is 16.6. The van der Waals surface area contributed by atoms with Gasteiger partial charge in [0.1, 0.15) is 6.54 Å². The summed E-state index contributed by atoms with van der Waals surface area (Å²) >= 11 is 0. The fraction of sp³-hybridized carbons (Fsp3) is 0.364. The maximum Gasteiger partial charge on any atom is 0.279 e. The molecule has 1 aliphatic heterocycles. The molecule has 0 fully saturated rings. The Morgan fingerprint density at radius 3 is 2.67 bits per heavy atom. The summed E-state index contributed by atoms with van der Waals surface area (Å²) in [6.07, 6.45) is 0.872. The second-order valence-corrected chi connectivity index (χ2v) is 8.58. The van der Waals surface area contributed by atoms with Gasteiger partial charge in [-0.15, -0.1) is 0 Å². The number of nitrogens with zero attached hydrogens (tertiary/aromatic N) is 4. The highest BCUT2D eigenvalue weighted by atomic mass is 16.1. The largest absolute Gasteiger partial charge is 0.327 e. The molecule has 0 aliphatic carbocycles. The van der Waals surface area contributed by atoms with Gasteiger partial charge in [-0.3, -0.25) is 4.79 Å². The molecular formula is C22H25N4O+. The molecule has 0 bridgehead atoms. The molecule has 5 nitrogen and oxygen atoms in total. The minimum Gasteiger partial charge on any atom is -0.327 e. The van der Waals surface area contributed by atoms with Crippen molar-refractivity contribution in [3.05, 3.63) is 51.4 Å². The first kappa shape index (κ1) is 16.5. The third kappa shape index (κ3) is 2.09. The number of hydrogen-bond acceptors (Lipinski definition) is 3. The van der Waals surface area contributed by atoms with Crippen molar-refractivity contribution < 1.29 is 4.48 Å². The topological polar surface area (TPSA) is 37.6 Å². The first-order chi connectivity index (χ1) is 12.8. The van der Waals surface area contributed by atoms with Crippen molar-refractivity contribution in [2.45, 2.75) is 26.8 Å². The lowest BCUT2D eigenvalue weighted by atomic mass is 9.93. The monoisotopic (exact) mass is 361 g/mol. The molecule has 138 valence electrons. The number of pyridine rings is 1. The van der Waals surface area contributed by atoms with E-state index in [1.54, 1.807) is 4.52 Å². The van der Waals surface area contributed by atoms with Gasteiger partial charge in [0.15, 0.2) is 6.67 Å². The van der Waals surface area contributed by atoms with Crippen LogP contribution in [0.15, 0.2) is 29.1 Å². The zero-order valence-corrected chi connectivity index (χ0v) is 16.6. The average molecular weight is 361 g/mol. The van der Waals surface area contributed by atoms with Gasteiger partial charge in [0.25, 0.3) is 5.56 Å². The van der Waals surface area contributed by atoms with Gasteiger partial charge in [0, 0.05) is 34.3 Å². The molecule has 5 heteroatoms. The first-order valence-corrected chi connectivity index (χ1v) is 9.57.